The Morgan fingerprint density at radius 1 is 1.16 bits per heavy atom. The second kappa shape index (κ2) is 6.18. The average molecular weight is 333 g/mol. The van der Waals surface area contributed by atoms with Gasteiger partial charge in [-0.05, 0) is 31.2 Å². The lowest BCUT2D eigenvalue weighted by atomic mass is 10.1. The van der Waals surface area contributed by atoms with Gasteiger partial charge in [0.2, 0.25) is 0 Å². The van der Waals surface area contributed by atoms with Crippen LogP contribution >= 0.6 is 0 Å². The minimum absolute atomic E-state index is 0.0532. The van der Waals surface area contributed by atoms with Gasteiger partial charge in [-0.1, -0.05) is 29.8 Å². The number of aryl methyl sites for hydroxylation is 1. The summed E-state index contributed by atoms with van der Waals surface area (Å²) < 4.78 is 7.13. The summed E-state index contributed by atoms with van der Waals surface area (Å²) in [7, 11) is 1.65. The van der Waals surface area contributed by atoms with Crippen LogP contribution in [0.25, 0.3) is 11.3 Å². The highest BCUT2D eigenvalue weighted by molar-refractivity contribution is 5.99. The summed E-state index contributed by atoms with van der Waals surface area (Å²) in [4.78, 5) is 17.4. The normalized spacial score (nSPS) is 15.8. The van der Waals surface area contributed by atoms with E-state index < -0.39 is 6.17 Å². The number of hydrogen-bond donors (Lipinski definition) is 1. The molecule has 1 atom stereocenters. The van der Waals surface area contributed by atoms with Crippen molar-refractivity contribution in [1.29, 1.82) is 0 Å². The molecule has 1 N–H and O–H groups in total. The first-order valence-electron chi connectivity index (χ1n) is 8.22. The van der Waals surface area contributed by atoms with Crippen molar-refractivity contribution in [3.05, 3.63) is 71.7 Å². The fraction of sp³-hybridized carbons (Fsp3) is 0.200. The maximum atomic E-state index is 12.8. The number of aromatic nitrogens is 2. The predicted octanol–water partition coefficient (Wildman–Crippen LogP) is 3.35. The number of carbonyl (C=O) groups excluding carboxylic acids is 1. The van der Waals surface area contributed by atoms with Crippen LogP contribution in [0.3, 0.4) is 0 Å². The number of nitrogens with zero attached hydrogens (tertiary/aromatic N) is 2. The van der Waals surface area contributed by atoms with Crippen LogP contribution in [0, 0.1) is 6.92 Å². The third kappa shape index (κ3) is 2.72. The van der Waals surface area contributed by atoms with E-state index in [2.05, 4.69) is 10.3 Å². The van der Waals surface area contributed by atoms with Crippen LogP contribution in [0.1, 0.15) is 27.8 Å². The van der Waals surface area contributed by atoms with E-state index in [4.69, 9.17) is 4.74 Å². The summed E-state index contributed by atoms with van der Waals surface area (Å²) in [6.45, 7) is 2.63. The fourth-order valence-electron chi connectivity index (χ4n) is 3.16. The Morgan fingerprint density at radius 2 is 1.88 bits per heavy atom. The number of imidazole rings is 1. The van der Waals surface area contributed by atoms with Gasteiger partial charge in [-0.15, -0.1) is 0 Å². The molecule has 0 saturated heterocycles. The van der Waals surface area contributed by atoms with E-state index in [0.29, 0.717) is 12.1 Å². The molecule has 0 fully saturated rings. The lowest BCUT2D eigenvalue weighted by molar-refractivity contribution is 0.0914. The van der Waals surface area contributed by atoms with E-state index in [1.54, 1.807) is 13.4 Å². The van der Waals surface area contributed by atoms with Crippen molar-refractivity contribution in [3.63, 3.8) is 0 Å². The molecule has 0 radical (unpaired) electrons. The van der Waals surface area contributed by atoms with Gasteiger partial charge in [-0.2, -0.15) is 0 Å². The largest absolute Gasteiger partial charge is 0.497 e. The molecule has 25 heavy (non-hydrogen) atoms. The van der Waals surface area contributed by atoms with E-state index in [1.165, 1.54) is 0 Å². The summed E-state index contributed by atoms with van der Waals surface area (Å²) in [5, 5.41) is 3.30. The lowest BCUT2D eigenvalue weighted by Gasteiger charge is -2.12. The molecule has 2 heterocycles. The van der Waals surface area contributed by atoms with Crippen LogP contribution in [-0.4, -0.2) is 22.4 Å². The van der Waals surface area contributed by atoms with E-state index in [0.717, 1.165) is 28.3 Å². The number of ether oxygens (including phenoxy) is 1. The van der Waals surface area contributed by atoms with Crippen molar-refractivity contribution in [2.45, 2.75) is 19.6 Å². The van der Waals surface area contributed by atoms with Crippen LogP contribution < -0.4 is 10.1 Å². The quantitative estimate of drug-likeness (QED) is 0.744. The first-order chi connectivity index (χ1) is 12.2. The number of ketones is 1. The molecule has 1 unspecified atom stereocenters. The van der Waals surface area contributed by atoms with Crippen LogP contribution in [0.2, 0.25) is 0 Å². The number of Topliss-reactive ketones (excluding diaryl/α,β-unsaturated/α-hetero) is 1. The molecule has 1 aromatic heterocycles. The summed E-state index contributed by atoms with van der Waals surface area (Å²) in [6.07, 6.45) is 1.34. The monoisotopic (exact) mass is 333 g/mol. The molecule has 1 aliphatic heterocycles. The number of rotatable bonds is 4. The molecule has 2 aromatic carbocycles. The van der Waals surface area contributed by atoms with E-state index in [9.17, 15) is 4.79 Å². The van der Waals surface area contributed by atoms with Gasteiger partial charge < -0.3 is 9.30 Å². The van der Waals surface area contributed by atoms with Crippen molar-refractivity contribution in [3.8, 4) is 17.0 Å². The maximum Gasteiger partial charge on any atom is 0.200 e. The van der Waals surface area contributed by atoms with Gasteiger partial charge >= 0.3 is 0 Å². The molecule has 4 rings (SSSR count). The zero-order valence-corrected chi connectivity index (χ0v) is 14.2. The smallest absolute Gasteiger partial charge is 0.200 e. The van der Waals surface area contributed by atoms with Crippen molar-refractivity contribution in [2.75, 3.05) is 7.11 Å². The first kappa shape index (κ1) is 15.6. The minimum Gasteiger partial charge on any atom is -0.497 e. The number of methoxy groups -OCH3 is 1. The Balaban J connectivity index is 1.64. The third-order valence-electron chi connectivity index (χ3n) is 4.59. The Hall–Kier alpha value is -2.92. The van der Waals surface area contributed by atoms with E-state index >= 15 is 0 Å². The Bertz CT molecular complexity index is 911. The minimum atomic E-state index is -0.405. The third-order valence-corrected chi connectivity index (χ3v) is 4.59. The van der Waals surface area contributed by atoms with Crippen LogP contribution in [0.15, 0.2) is 54.9 Å². The molecule has 0 saturated carbocycles. The summed E-state index contributed by atoms with van der Waals surface area (Å²) in [5.74, 6) is 0.864. The highest BCUT2D eigenvalue weighted by Gasteiger charge is 2.30. The molecule has 3 aromatic rings. The lowest BCUT2D eigenvalue weighted by Crippen LogP contribution is -2.26. The summed E-state index contributed by atoms with van der Waals surface area (Å²) >= 11 is 0. The molecule has 5 heteroatoms. The second-order valence-corrected chi connectivity index (χ2v) is 6.19. The molecule has 1 aliphatic rings. The molecule has 5 nitrogen and oxygen atoms in total. The van der Waals surface area contributed by atoms with Gasteiger partial charge in [0.15, 0.2) is 5.78 Å². The highest BCUT2D eigenvalue weighted by atomic mass is 16.5. The predicted molar refractivity (Wildman–Crippen MR) is 95.6 cm³/mol. The fourth-order valence-corrected chi connectivity index (χ4v) is 3.16. The summed E-state index contributed by atoms with van der Waals surface area (Å²) in [5.41, 5.74) is 4.78. The van der Waals surface area contributed by atoms with Crippen LogP contribution in [0.4, 0.5) is 0 Å². The van der Waals surface area contributed by atoms with Crippen molar-refractivity contribution in [1.82, 2.24) is 14.9 Å². The van der Waals surface area contributed by atoms with Crippen LogP contribution in [-0.2, 0) is 6.54 Å². The molecule has 0 aliphatic carbocycles. The number of nitrogens with one attached hydrogen (secondary N) is 1. The SMILES string of the molecule is COc1ccc(-c2ncn3c2CNC3C(=O)c2ccc(C)cc2)cc1. The van der Waals surface area contributed by atoms with Gasteiger partial charge in [0.05, 0.1) is 24.8 Å². The Labute approximate surface area is 146 Å². The molecule has 0 spiro atoms. The molecule has 126 valence electrons. The molecule has 0 amide bonds. The standard InChI is InChI=1S/C20H19N3O2/c1-13-3-5-15(6-4-13)19(24)20-21-11-17-18(22-12-23(17)20)14-7-9-16(25-2)10-8-14/h3-10,12,20-21H,11H2,1-2H3. The van der Waals surface area contributed by atoms with Gasteiger partial charge in [0.1, 0.15) is 11.9 Å². The zero-order chi connectivity index (χ0) is 17.4. The number of carbonyl (C=O) groups is 1. The van der Waals surface area contributed by atoms with Gasteiger partial charge in [0.25, 0.3) is 0 Å². The van der Waals surface area contributed by atoms with Crippen molar-refractivity contribution >= 4 is 5.78 Å². The maximum absolute atomic E-state index is 12.8. The van der Waals surface area contributed by atoms with Crippen LogP contribution in [0.5, 0.6) is 5.75 Å². The van der Waals surface area contributed by atoms with Crippen molar-refractivity contribution < 1.29 is 9.53 Å². The molecular weight excluding hydrogens is 314 g/mol. The van der Waals surface area contributed by atoms with Gasteiger partial charge in [-0.3, -0.25) is 10.1 Å². The Kier molecular flexibility index (Phi) is 3.86. The van der Waals surface area contributed by atoms with Gasteiger partial charge in [-0.25, -0.2) is 4.98 Å². The first-order valence-corrected chi connectivity index (χ1v) is 8.22. The Morgan fingerprint density at radius 3 is 2.56 bits per heavy atom. The highest BCUT2D eigenvalue weighted by Crippen LogP contribution is 2.30. The summed E-state index contributed by atoms with van der Waals surface area (Å²) in [6, 6.07) is 15.5. The second-order valence-electron chi connectivity index (χ2n) is 6.19. The molecular formula is C20H19N3O2. The average Bonchev–Trinajstić information content (AvgIpc) is 3.24. The van der Waals surface area contributed by atoms with E-state index in [-0.39, 0.29) is 5.78 Å². The number of fused-ring (bicyclic) bond motifs is 1. The van der Waals surface area contributed by atoms with Gasteiger partial charge in [0, 0.05) is 17.7 Å². The zero-order valence-electron chi connectivity index (χ0n) is 14.2. The topological polar surface area (TPSA) is 56.1 Å². The van der Waals surface area contributed by atoms with Crippen molar-refractivity contribution in [2.24, 2.45) is 0 Å². The number of hydrogen-bond acceptors (Lipinski definition) is 4. The molecule has 0 bridgehead atoms. The van der Waals surface area contributed by atoms with E-state index in [1.807, 2.05) is 60.0 Å². The number of benzene rings is 2.